The Balaban J connectivity index is 1.68. The fourth-order valence-corrected chi connectivity index (χ4v) is 4.67. The molecule has 3 rings (SSSR count). The monoisotopic (exact) mass is 293 g/mol. The van der Waals surface area contributed by atoms with Crippen molar-refractivity contribution in [3.05, 3.63) is 46.5 Å². The van der Waals surface area contributed by atoms with Gasteiger partial charge in [0.2, 0.25) is 0 Å². The van der Waals surface area contributed by atoms with Crippen molar-refractivity contribution in [1.82, 2.24) is 0 Å². The number of allylic oxidation sites excluding steroid dienone is 2. The largest absolute Gasteiger partial charge is 0.192 e. The van der Waals surface area contributed by atoms with Gasteiger partial charge in [-0.3, -0.25) is 0 Å². The Morgan fingerprint density at radius 3 is 2.55 bits per heavy atom. The van der Waals surface area contributed by atoms with Crippen LogP contribution < -0.4 is 0 Å². The van der Waals surface area contributed by atoms with Crippen LogP contribution in [0.1, 0.15) is 61.3 Å². The molecule has 1 nitrogen and oxygen atoms in total. The van der Waals surface area contributed by atoms with Crippen LogP contribution >= 0.6 is 0 Å². The van der Waals surface area contributed by atoms with Crippen LogP contribution in [0.25, 0.3) is 0 Å². The molecule has 0 amide bonds. The van der Waals surface area contributed by atoms with Crippen LogP contribution in [0.5, 0.6) is 0 Å². The summed E-state index contributed by atoms with van der Waals surface area (Å²) in [4.78, 5) is 0. The third kappa shape index (κ3) is 2.98. The molecule has 0 spiro atoms. The fourth-order valence-electron chi connectivity index (χ4n) is 4.67. The topological polar surface area (TPSA) is 23.8 Å². The lowest BCUT2D eigenvalue weighted by molar-refractivity contribution is 0.206. The Morgan fingerprint density at radius 2 is 1.86 bits per heavy atom. The van der Waals surface area contributed by atoms with E-state index < -0.39 is 0 Å². The van der Waals surface area contributed by atoms with Crippen LogP contribution in [0.15, 0.2) is 24.3 Å². The summed E-state index contributed by atoms with van der Waals surface area (Å²) >= 11 is 0. The van der Waals surface area contributed by atoms with E-state index >= 15 is 0 Å². The van der Waals surface area contributed by atoms with Crippen molar-refractivity contribution >= 4 is 0 Å². The van der Waals surface area contributed by atoms with Crippen LogP contribution in [-0.4, -0.2) is 0 Å². The van der Waals surface area contributed by atoms with Gasteiger partial charge < -0.3 is 0 Å². The predicted octanol–water partition coefficient (Wildman–Crippen LogP) is 5.35. The van der Waals surface area contributed by atoms with E-state index in [0.29, 0.717) is 0 Å². The SMILES string of the molecule is C/C=C/C1CCC(C2CCc3c(ccc(C#N)c3C)C2)CC1. The number of hydrogen-bond acceptors (Lipinski definition) is 1. The predicted molar refractivity (Wildman–Crippen MR) is 91.7 cm³/mol. The van der Waals surface area contributed by atoms with Gasteiger partial charge in [0.15, 0.2) is 0 Å². The Hall–Kier alpha value is -1.55. The molecule has 0 saturated heterocycles. The summed E-state index contributed by atoms with van der Waals surface area (Å²) < 4.78 is 0. The van der Waals surface area contributed by atoms with E-state index in [1.165, 1.54) is 61.6 Å². The zero-order chi connectivity index (χ0) is 15.5. The van der Waals surface area contributed by atoms with Gasteiger partial charge in [0.1, 0.15) is 0 Å². The van der Waals surface area contributed by atoms with Gasteiger partial charge in [-0.05, 0) is 99.3 Å². The van der Waals surface area contributed by atoms with E-state index in [4.69, 9.17) is 0 Å². The summed E-state index contributed by atoms with van der Waals surface area (Å²) in [7, 11) is 0. The lowest BCUT2D eigenvalue weighted by Crippen LogP contribution is -2.26. The quantitative estimate of drug-likeness (QED) is 0.674. The molecule has 1 aromatic rings. The van der Waals surface area contributed by atoms with Gasteiger partial charge in [0, 0.05) is 0 Å². The number of fused-ring (bicyclic) bond motifs is 1. The van der Waals surface area contributed by atoms with E-state index in [1.54, 1.807) is 0 Å². The molecule has 0 aromatic heterocycles. The molecule has 1 heteroatoms. The van der Waals surface area contributed by atoms with Crippen molar-refractivity contribution in [2.75, 3.05) is 0 Å². The summed E-state index contributed by atoms with van der Waals surface area (Å²) in [6, 6.07) is 6.58. The number of nitriles is 1. The van der Waals surface area contributed by atoms with E-state index in [9.17, 15) is 5.26 Å². The van der Waals surface area contributed by atoms with Crippen LogP contribution in [0, 0.1) is 36.0 Å². The number of rotatable bonds is 2. The minimum absolute atomic E-state index is 0.831. The zero-order valence-electron chi connectivity index (χ0n) is 13.9. The number of nitrogens with zero attached hydrogens (tertiary/aromatic N) is 1. The van der Waals surface area contributed by atoms with Crippen molar-refractivity contribution in [1.29, 1.82) is 5.26 Å². The maximum Gasteiger partial charge on any atom is 0.0994 e. The van der Waals surface area contributed by atoms with Gasteiger partial charge >= 0.3 is 0 Å². The molecule has 0 radical (unpaired) electrons. The summed E-state index contributed by atoms with van der Waals surface area (Å²) in [5.41, 5.74) is 5.08. The molecule has 0 aliphatic heterocycles. The number of hydrogen-bond donors (Lipinski definition) is 0. The second-order valence-electron chi connectivity index (χ2n) is 7.19. The molecular formula is C21H27N. The Morgan fingerprint density at radius 1 is 1.09 bits per heavy atom. The fraction of sp³-hybridized carbons (Fsp3) is 0.571. The Bertz CT molecular complexity index is 597. The molecule has 1 fully saturated rings. The molecule has 1 saturated carbocycles. The minimum atomic E-state index is 0.831. The first-order valence-electron chi connectivity index (χ1n) is 8.87. The first-order valence-corrected chi connectivity index (χ1v) is 8.87. The van der Waals surface area contributed by atoms with E-state index in [-0.39, 0.29) is 0 Å². The lowest BCUT2D eigenvalue weighted by Gasteiger charge is -2.36. The standard InChI is InChI=1S/C21H27N/c1-3-4-16-5-7-17(8-6-16)18-11-12-21-15(2)20(14-22)10-9-19(21)13-18/h3-4,9-10,16-18H,5-8,11-13H2,1-2H3/b4-3+. The highest BCUT2D eigenvalue weighted by Crippen LogP contribution is 2.40. The van der Waals surface area contributed by atoms with Crippen LogP contribution in [0.4, 0.5) is 0 Å². The summed E-state index contributed by atoms with van der Waals surface area (Å²) in [6.45, 7) is 4.27. The minimum Gasteiger partial charge on any atom is -0.192 e. The van der Waals surface area contributed by atoms with Gasteiger partial charge in [-0.1, -0.05) is 18.2 Å². The first-order chi connectivity index (χ1) is 10.7. The van der Waals surface area contributed by atoms with Crippen LogP contribution in [-0.2, 0) is 12.8 Å². The smallest absolute Gasteiger partial charge is 0.0994 e. The van der Waals surface area contributed by atoms with Crippen molar-refractivity contribution in [2.45, 2.75) is 58.8 Å². The number of benzene rings is 1. The van der Waals surface area contributed by atoms with E-state index in [2.05, 4.69) is 38.1 Å². The molecule has 1 aromatic carbocycles. The average Bonchev–Trinajstić information content (AvgIpc) is 2.56. The van der Waals surface area contributed by atoms with Crippen LogP contribution in [0.2, 0.25) is 0 Å². The molecule has 0 bridgehead atoms. The van der Waals surface area contributed by atoms with Crippen molar-refractivity contribution in [2.24, 2.45) is 17.8 Å². The molecule has 0 heterocycles. The highest BCUT2D eigenvalue weighted by atomic mass is 14.4. The maximum atomic E-state index is 9.19. The molecule has 116 valence electrons. The second kappa shape index (κ2) is 6.69. The molecule has 2 aliphatic carbocycles. The molecule has 0 N–H and O–H groups in total. The Labute approximate surface area is 135 Å². The van der Waals surface area contributed by atoms with Crippen LogP contribution in [0.3, 0.4) is 0 Å². The third-order valence-electron chi connectivity index (χ3n) is 6.01. The van der Waals surface area contributed by atoms with Crippen molar-refractivity contribution in [3.8, 4) is 6.07 Å². The molecule has 2 aliphatic rings. The third-order valence-corrected chi connectivity index (χ3v) is 6.01. The van der Waals surface area contributed by atoms with Gasteiger partial charge in [0.05, 0.1) is 11.6 Å². The highest BCUT2D eigenvalue weighted by Gasteiger charge is 2.30. The first kappa shape index (κ1) is 15.3. The van der Waals surface area contributed by atoms with E-state index in [1.807, 2.05) is 6.07 Å². The second-order valence-corrected chi connectivity index (χ2v) is 7.19. The summed E-state index contributed by atoms with van der Waals surface area (Å²) in [5, 5.41) is 9.19. The van der Waals surface area contributed by atoms with Gasteiger partial charge in [-0.15, -0.1) is 0 Å². The Kier molecular flexibility index (Phi) is 4.67. The summed E-state index contributed by atoms with van der Waals surface area (Å²) in [6.07, 6.45) is 13.9. The molecule has 22 heavy (non-hydrogen) atoms. The maximum absolute atomic E-state index is 9.19. The average molecular weight is 293 g/mol. The van der Waals surface area contributed by atoms with E-state index in [0.717, 1.165) is 23.3 Å². The molecule has 1 atom stereocenters. The highest BCUT2D eigenvalue weighted by molar-refractivity contribution is 5.47. The molecule has 1 unspecified atom stereocenters. The normalized spacial score (nSPS) is 28.3. The van der Waals surface area contributed by atoms with Crippen molar-refractivity contribution < 1.29 is 0 Å². The van der Waals surface area contributed by atoms with Gasteiger partial charge in [-0.2, -0.15) is 5.26 Å². The van der Waals surface area contributed by atoms with Crippen molar-refractivity contribution in [3.63, 3.8) is 0 Å². The zero-order valence-corrected chi connectivity index (χ0v) is 13.9. The molecular weight excluding hydrogens is 266 g/mol. The van der Waals surface area contributed by atoms with Gasteiger partial charge in [-0.25, -0.2) is 0 Å². The lowest BCUT2D eigenvalue weighted by atomic mass is 9.69. The van der Waals surface area contributed by atoms with Gasteiger partial charge in [0.25, 0.3) is 0 Å². The summed E-state index contributed by atoms with van der Waals surface area (Å²) in [5.74, 6) is 2.62.